The molecule has 0 atom stereocenters. The maximum atomic E-state index is 11.8. The van der Waals surface area contributed by atoms with E-state index in [-0.39, 0.29) is 24.4 Å². The summed E-state index contributed by atoms with van der Waals surface area (Å²) in [5.41, 5.74) is 1.08. The van der Waals surface area contributed by atoms with Gasteiger partial charge in [-0.3, -0.25) is 9.59 Å². The Hall–Kier alpha value is -2.63. The van der Waals surface area contributed by atoms with Gasteiger partial charge in [-0.15, -0.1) is 0 Å². The molecule has 0 aliphatic rings. The summed E-state index contributed by atoms with van der Waals surface area (Å²) in [6.45, 7) is 3.59. The minimum absolute atomic E-state index is 0.0229. The van der Waals surface area contributed by atoms with Gasteiger partial charge in [-0.1, -0.05) is 12.1 Å². The number of carboxylic acids is 1. The molecule has 6 nitrogen and oxygen atoms in total. The van der Waals surface area contributed by atoms with E-state index in [0.29, 0.717) is 11.1 Å². The number of carbonyl (C=O) groups is 3. The van der Waals surface area contributed by atoms with E-state index < -0.39 is 5.97 Å². The second-order valence-electron chi connectivity index (χ2n) is 4.70. The highest BCUT2D eigenvalue weighted by Crippen LogP contribution is 2.06. The molecule has 0 radical (unpaired) electrons. The number of hydrogen-bond acceptors (Lipinski definition) is 3. The number of benzene rings is 1. The summed E-state index contributed by atoms with van der Waals surface area (Å²) in [7, 11) is 0. The van der Waals surface area contributed by atoms with E-state index in [1.807, 2.05) is 13.8 Å². The predicted molar refractivity (Wildman–Crippen MR) is 78.7 cm³/mol. The van der Waals surface area contributed by atoms with Crippen LogP contribution in [0.15, 0.2) is 30.3 Å². The summed E-state index contributed by atoms with van der Waals surface area (Å²) >= 11 is 0. The zero-order valence-corrected chi connectivity index (χ0v) is 11.9. The Balaban J connectivity index is 2.55. The molecule has 0 aromatic heterocycles. The van der Waals surface area contributed by atoms with Gasteiger partial charge in [0.15, 0.2) is 0 Å². The Labute approximate surface area is 122 Å². The fourth-order valence-corrected chi connectivity index (χ4v) is 1.55. The van der Waals surface area contributed by atoms with Crippen molar-refractivity contribution in [1.82, 2.24) is 10.6 Å². The lowest BCUT2D eigenvalue weighted by Crippen LogP contribution is -2.39. The molecule has 21 heavy (non-hydrogen) atoms. The third-order valence-corrected chi connectivity index (χ3v) is 2.45. The van der Waals surface area contributed by atoms with Crippen molar-refractivity contribution in [2.24, 2.45) is 0 Å². The lowest BCUT2D eigenvalue weighted by molar-refractivity contribution is -0.131. The van der Waals surface area contributed by atoms with E-state index in [2.05, 4.69) is 10.6 Å². The Kier molecular flexibility index (Phi) is 6.13. The predicted octanol–water partition coefficient (Wildman–Crippen LogP) is 1.04. The zero-order valence-electron chi connectivity index (χ0n) is 11.9. The molecule has 1 aromatic rings. The first-order valence-corrected chi connectivity index (χ1v) is 6.47. The van der Waals surface area contributed by atoms with Gasteiger partial charge in [0.2, 0.25) is 5.91 Å². The fourth-order valence-electron chi connectivity index (χ4n) is 1.55. The van der Waals surface area contributed by atoms with Gasteiger partial charge in [0.05, 0.1) is 6.54 Å². The molecule has 3 N–H and O–H groups in total. The maximum Gasteiger partial charge on any atom is 0.328 e. The average Bonchev–Trinajstić information content (AvgIpc) is 2.42. The van der Waals surface area contributed by atoms with Crippen LogP contribution in [0.4, 0.5) is 0 Å². The number of carboxylic acid groups (broad SMARTS) is 1. The zero-order chi connectivity index (χ0) is 15.8. The van der Waals surface area contributed by atoms with Gasteiger partial charge in [0.25, 0.3) is 5.91 Å². The first kappa shape index (κ1) is 16.4. The second-order valence-corrected chi connectivity index (χ2v) is 4.70. The van der Waals surface area contributed by atoms with Crippen LogP contribution in [0.25, 0.3) is 6.08 Å². The minimum Gasteiger partial charge on any atom is -0.478 e. The van der Waals surface area contributed by atoms with Crippen molar-refractivity contribution < 1.29 is 19.5 Å². The maximum absolute atomic E-state index is 11.8. The Morgan fingerprint density at radius 1 is 1.19 bits per heavy atom. The molecule has 6 heteroatoms. The number of aliphatic carboxylic acids is 1. The number of carbonyl (C=O) groups excluding carboxylic acids is 2. The van der Waals surface area contributed by atoms with E-state index in [1.54, 1.807) is 24.3 Å². The van der Waals surface area contributed by atoms with Gasteiger partial charge >= 0.3 is 5.97 Å². The van der Waals surface area contributed by atoms with Crippen molar-refractivity contribution in [3.8, 4) is 0 Å². The molecule has 0 aliphatic carbocycles. The van der Waals surface area contributed by atoms with Crippen LogP contribution in [0.1, 0.15) is 29.8 Å². The molecule has 1 rings (SSSR count). The molecule has 0 bridgehead atoms. The van der Waals surface area contributed by atoms with Crippen LogP contribution in [0.5, 0.6) is 0 Å². The topological polar surface area (TPSA) is 95.5 Å². The van der Waals surface area contributed by atoms with Gasteiger partial charge < -0.3 is 15.7 Å². The monoisotopic (exact) mass is 290 g/mol. The van der Waals surface area contributed by atoms with Crippen LogP contribution in [0, 0.1) is 0 Å². The molecule has 0 unspecified atom stereocenters. The Bertz CT molecular complexity index is 547. The van der Waals surface area contributed by atoms with Gasteiger partial charge in [-0.2, -0.15) is 0 Å². The standard InChI is InChI=1S/C15H18N2O4/c1-10(2)17-13(18)9-16-15(21)12-6-3-11(4-7-12)5-8-14(19)20/h3-8,10H,9H2,1-2H3,(H,16,21)(H,17,18)(H,19,20). The van der Waals surface area contributed by atoms with E-state index in [4.69, 9.17) is 5.11 Å². The van der Waals surface area contributed by atoms with Gasteiger partial charge in [-0.05, 0) is 37.6 Å². The highest BCUT2D eigenvalue weighted by molar-refractivity contribution is 5.96. The van der Waals surface area contributed by atoms with Gasteiger partial charge in [0, 0.05) is 17.7 Å². The summed E-state index contributed by atoms with van der Waals surface area (Å²) in [5.74, 6) is -1.64. The summed E-state index contributed by atoms with van der Waals surface area (Å²) in [5, 5.41) is 13.7. The second kappa shape index (κ2) is 7.84. The number of amides is 2. The van der Waals surface area contributed by atoms with Crippen molar-refractivity contribution >= 4 is 23.9 Å². The van der Waals surface area contributed by atoms with Crippen molar-refractivity contribution in [3.05, 3.63) is 41.5 Å². The molecule has 0 aliphatic heterocycles. The first-order valence-electron chi connectivity index (χ1n) is 6.47. The Morgan fingerprint density at radius 2 is 1.81 bits per heavy atom. The Morgan fingerprint density at radius 3 is 2.33 bits per heavy atom. The van der Waals surface area contributed by atoms with Crippen molar-refractivity contribution in [2.45, 2.75) is 19.9 Å². The fraction of sp³-hybridized carbons (Fsp3) is 0.267. The van der Waals surface area contributed by atoms with Crippen LogP contribution < -0.4 is 10.6 Å². The van der Waals surface area contributed by atoms with Crippen LogP contribution in [-0.4, -0.2) is 35.5 Å². The van der Waals surface area contributed by atoms with E-state index in [0.717, 1.165) is 6.08 Å². The summed E-state index contributed by atoms with van der Waals surface area (Å²) in [6, 6.07) is 6.41. The molecule has 0 heterocycles. The lowest BCUT2D eigenvalue weighted by Gasteiger charge is -2.09. The van der Waals surface area contributed by atoms with Crippen molar-refractivity contribution in [1.29, 1.82) is 0 Å². The molecular formula is C15H18N2O4. The molecule has 0 saturated carbocycles. The lowest BCUT2D eigenvalue weighted by atomic mass is 10.1. The molecular weight excluding hydrogens is 272 g/mol. The van der Waals surface area contributed by atoms with Crippen LogP contribution in [0.3, 0.4) is 0 Å². The third-order valence-electron chi connectivity index (χ3n) is 2.45. The van der Waals surface area contributed by atoms with Crippen LogP contribution in [0.2, 0.25) is 0 Å². The molecule has 1 aromatic carbocycles. The average molecular weight is 290 g/mol. The van der Waals surface area contributed by atoms with Crippen molar-refractivity contribution in [3.63, 3.8) is 0 Å². The first-order chi connectivity index (χ1) is 9.88. The quantitative estimate of drug-likeness (QED) is 0.682. The number of rotatable bonds is 6. The molecule has 2 amide bonds. The normalized spacial score (nSPS) is 10.6. The third kappa shape index (κ3) is 6.38. The minimum atomic E-state index is -1.03. The van der Waals surface area contributed by atoms with Crippen molar-refractivity contribution in [2.75, 3.05) is 6.54 Å². The SMILES string of the molecule is CC(C)NC(=O)CNC(=O)c1ccc(C=CC(=O)O)cc1. The smallest absolute Gasteiger partial charge is 0.328 e. The summed E-state index contributed by atoms with van der Waals surface area (Å²) < 4.78 is 0. The highest BCUT2D eigenvalue weighted by atomic mass is 16.4. The highest BCUT2D eigenvalue weighted by Gasteiger charge is 2.08. The summed E-state index contributed by atoms with van der Waals surface area (Å²) in [6.07, 6.45) is 2.45. The van der Waals surface area contributed by atoms with E-state index >= 15 is 0 Å². The molecule has 0 saturated heterocycles. The molecule has 112 valence electrons. The number of hydrogen-bond donors (Lipinski definition) is 3. The van der Waals surface area contributed by atoms with E-state index in [1.165, 1.54) is 6.08 Å². The van der Waals surface area contributed by atoms with Crippen LogP contribution in [-0.2, 0) is 9.59 Å². The molecule has 0 spiro atoms. The van der Waals surface area contributed by atoms with Gasteiger partial charge in [-0.25, -0.2) is 4.79 Å². The summed E-state index contributed by atoms with van der Waals surface area (Å²) in [4.78, 5) is 33.6. The molecule has 0 fully saturated rings. The van der Waals surface area contributed by atoms with Gasteiger partial charge in [0.1, 0.15) is 0 Å². The number of nitrogens with one attached hydrogen (secondary N) is 2. The van der Waals surface area contributed by atoms with Crippen LogP contribution >= 0.6 is 0 Å². The van der Waals surface area contributed by atoms with E-state index in [9.17, 15) is 14.4 Å². The largest absolute Gasteiger partial charge is 0.478 e.